The molecule has 3 aliphatic heterocycles. The molecule has 1 aromatic rings. The van der Waals surface area contributed by atoms with Crippen LogP contribution in [0.4, 0.5) is 0 Å². The third kappa shape index (κ3) is 2.71. The summed E-state index contributed by atoms with van der Waals surface area (Å²) in [5.74, 6) is -1.98. The molecule has 3 aliphatic rings. The molecule has 3 atom stereocenters. The standard InChI is InChI=1S/C18H17N3O4.Na/c1-10(22)20-9-7-13-12(6-5-11-4-2-3-8-19-11)15(18(24)25)21-14(13)16(20)17(21)23;/h2-6,8,13-14,16H,7,9H2,1H3,(H,24,25);/q;+1/p-1/b6-5+;/t13?,14-,16+;/m1./s1. The van der Waals surface area contributed by atoms with Crippen LogP contribution in [-0.4, -0.2) is 51.2 Å². The number of pyridine rings is 1. The minimum Gasteiger partial charge on any atom is -0.543 e. The van der Waals surface area contributed by atoms with Gasteiger partial charge >= 0.3 is 29.6 Å². The number of nitrogens with zero attached hydrogens (tertiary/aromatic N) is 3. The number of hydrogen-bond donors (Lipinski definition) is 0. The van der Waals surface area contributed by atoms with E-state index in [-0.39, 0.29) is 59.0 Å². The minimum atomic E-state index is -1.36. The Morgan fingerprint density at radius 2 is 2.08 bits per heavy atom. The van der Waals surface area contributed by atoms with E-state index < -0.39 is 12.0 Å². The molecule has 0 saturated carbocycles. The van der Waals surface area contributed by atoms with Gasteiger partial charge in [0.1, 0.15) is 6.04 Å². The zero-order valence-corrected chi connectivity index (χ0v) is 16.6. The molecule has 2 saturated heterocycles. The van der Waals surface area contributed by atoms with E-state index in [0.717, 1.165) is 0 Å². The van der Waals surface area contributed by atoms with E-state index in [1.807, 2.05) is 12.1 Å². The van der Waals surface area contributed by atoms with Crippen molar-refractivity contribution < 1.29 is 49.0 Å². The molecule has 0 spiro atoms. The number of amides is 2. The number of carbonyl (C=O) groups is 3. The second-order valence-electron chi connectivity index (χ2n) is 6.43. The maximum Gasteiger partial charge on any atom is 1.00 e. The van der Waals surface area contributed by atoms with E-state index in [0.29, 0.717) is 24.2 Å². The molecule has 2 fully saturated rings. The molecule has 0 N–H and O–H groups in total. The fourth-order valence-corrected chi connectivity index (χ4v) is 4.14. The summed E-state index contributed by atoms with van der Waals surface area (Å²) in [6, 6.07) is 4.58. The van der Waals surface area contributed by atoms with Crippen molar-refractivity contribution in [3.63, 3.8) is 0 Å². The Kier molecular flexibility index (Phi) is 5.05. The van der Waals surface area contributed by atoms with E-state index in [2.05, 4.69) is 4.98 Å². The molecule has 7 nitrogen and oxygen atoms in total. The summed E-state index contributed by atoms with van der Waals surface area (Å²) >= 11 is 0. The van der Waals surface area contributed by atoms with Gasteiger partial charge in [-0.1, -0.05) is 12.1 Å². The van der Waals surface area contributed by atoms with Crippen LogP contribution >= 0.6 is 0 Å². The number of allylic oxidation sites excluding steroid dienone is 1. The number of carboxylic acid groups (broad SMARTS) is 1. The van der Waals surface area contributed by atoms with Crippen LogP contribution in [0, 0.1) is 5.92 Å². The fraction of sp³-hybridized carbons (Fsp3) is 0.333. The van der Waals surface area contributed by atoms with E-state index in [1.54, 1.807) is 24.4 Å². The quantitative estimate of drug-likeness (QED) is 0.413. The molecular weight excluding hydrogens is 345 g/mol. The second kappa shape index (κ2) is 6.98. The molecule has 128 valence electrons. The molecule has 4 rings (SSSR count). The first-order valence-corrected chi connectivity index (χ1v) is 8.15. The maximum atomic E-state index is 12.5. The smallest absolute Gasteiger partial charge is 0.543 e. The molecular formula is C18H16N3NaO4. The van der Waals surface area contributed by atoms with Gasteiger partial charge in [0, 0.05) is 25.6 Å². The summed E-state index contributed by atoms with van der Waals surface area (Å²) in [6.07, 6.45) is 5.72. The number of hydrogen-bond acceptors (Lipinski definition) is 5. The predicted molar refractivity (Wildman–Crippen MR) is 85.2 cm³/mol. The Bertz CT molecular complexity index is 836. The van der Waals surface area contributed by atoms with Crippen LogP contribution in [0.2, 0.25) is 0 Å². The fourth-order valence-electron chi connectivity index (χ4n) is 4.14. The van der Waals surface area contributed by atoms with Crippen LogP contribution < -0.4 is 34.7 Å². The predicted octanol–water partition coefficient (Wildman–Crippen LogP) is -3.44. The molecule has 0 bridgehead atoms. The first-order chi connectivity index (χ1) is 12.0. The Balaban J connectivity index is 0.00000196. The molecule has 8 heteroatoms. The van der Waals surface area contributed by atoms with Crippen LogP contribution in [0.1, 0.15) is 19.0 Å². The number of piperidine rings is 1. The van der Waals surface area contributed by atoms with Crippen LogP contribution in [0.3, 0.4) is 0 Å². The van der Waals surface area contributed by atoms with Crippen LogP contribution in [-0.2, 0) is 14.4 Å². The van der Waals surface area contributed by atoms with Gasteiger partial charge in [-0.3, -0.25) is 14.6 Å². The first-order valence-electron chi connectivity index (χ1n) is 8.15. The summed E-state index contributed by atoms with van der Waals surface area (Å²) < 4.78 is 0. The zero-order valence-electron chi connectivity index (χ0n) is 14.6. The average Bonchev–Trinajstić information content (AvgIpc) is 2.92. The summed E-state index contributed by atoms with van der Waals surface area (Å²) in [7, 11) is 0. The van der Waals surface area contributed by atoms with Crippen LogP contribution in [0.5, 0.6) is 0 Å². The van der Waals surface area contributed by atoms with Gasteiger partial charge in [-0.25, -0.2) is 0 Å². The molecule has 26 heavy (non-hydrogen) atoms. The Labute approximate surface area is 172 Å². The van der Waals surface area contributed by atoms with E-state index in [4.69, 9.17) is 0 Å². The van der Waals surface area contributed by atoms with Gasteiger partial charge in [-0.05, 0) is 30.2 Å². The number of carbonyl (C=O) groups excluding carboxylic acids is 3. The third-order valence-corrected chi connectivity index (χ3v) is 5.17. The van der Waals surface area contributed by atoms with E-state index >= 15 is 0 Å². The van der Waals surface area contributed by atoms with E-state index in [1.165, 1.54) is 16.7 Å². The van der Waals surface area contributed by atoms with Crippen molar-refractivity contribution >= 4 is 23.9 Å². The largest absolute Gasteiger partial charge is 1.00 e. The van der Waals surface area contributed by atoms with Crippen molar-refractivity contribution in [2.45, 2.75) is 25.4 Å². The SMILES string of the molecule is CC(=O)N1CCC2C(/C=C/c3ccccn3)=C(C(=O)[O-])N3C(=O)[C@@H]1[C@@H]23.[Na+]. The van der Waals surface area contributed by atoms with Gasteiger partial charge in [0.25, 0.3) is 5.91 Å². The van der Waals surface area contributed by atoms with Crippen molar-refractivity contribution in [2.24, 2.45) is 5.92 Å². The van der Waals surface area contributed by atoms with Crippen molar-refractivity contribution in [1.29, 1.82) is 0 Å². The van der Waals surface area contributed by atoms with E-state index in [9.17, 15) is 19.5 Å². The Hall–Kier alpha value is -1.96. The molecule has 1 unspecified atom stereocenters. The normalized spacial score (nSPS) is 26.5. The van der Waals surface area contributed by atoms with Gasteiger partial charge in [-0.2, -0.15) is 0 Å². The molecule has 2 amide bonds. The van der Waals surface area contributed by atoms with Crippen LogP contribution in [0.15, 0.2) is 41.7 Å². The van der Waals surface area contributed by atoms with Gasteiger partial charge < -0.3 is 19.7 Å². The second-order valence-corrected chi connectivity index (χ2v) is 6.43. The molecule has 0 aromatic carbocycles. The summed E-state index contributed by atoms with van der Waals surface area (Å²) in [6.45, 7) is 1.88. The molecule has 0 radical (unpaired) electrons. The van der Waals surface area contributed by atoms with Gasteiger partial charge in [0.15, 0.2) is 0 Å². The number of β-lactam (4-membered cyclic amide) rings is 1. The van der Waals surface area contributed by atoms with Crippen molar-refractivity contribution in [3.8, 4) is 0 Å². The minimum absolute atomic E-state index is 0. The molecule has 4 heterocycles. The van der Waals surface area contributed by atoms with Crippen molar-refractivity contribution in [3.05, 3.63) is 47.4 Å². The first kappa shape index (κ1) is 18.8. The summed E-state index contributed by atoms with van der Waals surface area (Å²) in [5, 5.41) is 11.7. The maximum absolute atomic E-state index is 12.5. The monoisotopic (exact) mass is 361 g/mol. The van der Waals surface area contributed by atoms with Crippen molar-refractivity contribution in [1.82, 2.24) is 14.8 Å². The van der Waals surface area contributed by atoms with Gasteiger partial charge in [-0.15, -0.1) is 0 Å². The average molecular weight is 361 g/mol. The Morgan fingerprint density at radius 3 is 2.69 bits per heavy atom. The summed E-state index contributed by atoms with van der Waals surface area (Å²) in [4.78, 5) is 42.9. The summed E-state index contributed by atoms with van der Waals surface area (Å²) in [5.41, 5.74) is 1.20. The van der Waals surface area contributed by atoms with Gasteiger partial charge in [0.2, 0.25) is 5.91 Å². The number of aromatic nitrogens is 1. The van der Waals surface area contributed by atoms with Gasteiger partial charge in [0.05, 0.1) is 23.4 Å². The molecule has 0 aliphatic carbocycles. The third-order valence-electron chi connectivity index (χ3n) is 5.17. The molecule has 1 aromatic heterocycles. The number of aliphatic carboxylic acids is 1. The Morgan fingerprint density at radius 1 is 1.31 bits per heavy atom. The number of likely N-dealkylation sites (tertiary alicyclic amines) is 1. The van der Waals surface area contributed by atoms with Crippen molar-refractivity contribution in [2.75, 3.05) is 6.54 Å². The number of carboxylic acids is 1. The number of rotatable bonds is 3. The zero-order chi connectivity index (χ0) is 17.7. The topological polar surface area (TPSA) is 93.6 Å². The van der Waals surface area contributed by atoms with Crippen LogP contribution in [0.25, 0.3) is 6.08 Å².